The summed E-state index contributed by atoms with van der Waals surface area (Å²) >= 11 is 0. The van der Waals surface area contributed by atoms with E-state index in [4.69, 9.17) is 9.84 Å². The van der Waals surface area contributed by atoms with E-state index in [9.17, 15) is 9.59 Å². The average Bonchev–Trinajstić information content (AvgIpc) is 2.18. The van der Waals surface area contributed by atoms with Gasteiger partial charge in [0.2, 0.25) is 0 Å². The van der Waals surface area contributed by atoms with Gasteiger partial charge in [-0.2, -0.15) is 0 Å². The number of carboxylic acids is 1. The summed E-state index contributed by atoms with van der Waals surface area (Å²) in [5, 5.41) is 8.77. The molecule has 0 saturated carbocycles. The van der Waals surface area contributed by atoms with Crippen LogP contribution in [0, 0.1) is 0 Å². The van der Waals surface area contributed by atoms with E-state index in [-0.39, 0.29) is 70.5 Å². The van der Waals surface area contributed by atoms with Gasteiger partial charge < -0.3 is 11.3 Å². The number of rotatable bonds is 3. The molecule has 0 saturated heterocycles. The SMILES string of the molecule is CCOC(=O)c1ccccc1C(=O)O.[H-].[K+]. The second kappa shape index (κ2) is 7.13. The smallest absolute Gasteiger partial charge is 1.00 e. The van der Waals surface area contributed by atoms with Crippen LogP contribution in [0.1, 0.15) is 29.1 Å². The number of benzene rings is 1. The average molecular weight is 234 g/mol. The zero-order chi connectivity index (χ0) is 10.6. The maximum absolute atomic E-state index is 11.3. The molecule has 0 radical (unpaired) electrons. The topological polar surface area (TPSA) is 63.6 Å². The van der Waals surface area contributed by atoms with Crippen LogP contribution in [0.2, 0.25) is 0 Å². The molecule has 1 rings (SSSR count). The Balaban J connectivity index is 0. The molecule has 0 aromatic heterocycles. The molecule has 0 aliphatic heterocycles. The van der Waals surface area contributed by atoms with Gasteiger partial charge in [0.1, 0.15) is 0 Å². The van der Waals surface area contributed by atoms with Crippen molar-refractivity contribution >= 4 is 11.9 Å². The molecule has 1 N–H and O–H groups in total. The van der Waals surface area contributed by atoms with E-state index in [2.05, 4.69) is 0 Å². The fraction of sp³-hybridized carbons (Fsp3) is 0.200. The van der Waals surface area contributed by atoms with Crippen LogP contribution in [0.15, 0.2) is 24.3 Å². The van der Waals surface area contributed by atoms with Crippen molar-refractivity contribution in [3.05, 3.63) is 35.4 Å². The van der Waals surface area contributed by atoms with Gasteiger partial charge in [0, 0.05) is 0 Å². The van der Waals surface area contributed by atoms with Crippen LogP contribution in [0.25, 0.3) is 0 Å². The summed E-state index contributed by atoms with van der Waals surface area (Å²) in [4.78, 5) is 22.0. The molecule has 0 spiro atoms. The van der Waals surface area contributed by atoms with E-state index < -0.39 is 11.9 Å². The summed E-state index contributed by atoms with van der Waals surface area (Å²) < 4.78 is 4.72. The molecule has 0 unspecified atom stereocenters. The monoisotopic (exact) mass is 234 g/mol. The molecule has 0 amide bonds. The zero-order valence-corrected chi connectivity index (χ0v) is 11.8. The van der Waals surface area contributed by atoms with Crippen molar-refractivity contribution in [1.29, 1.82) is 0 Å². The first-order valence-electron chi connectivity index (χ1n) is 4.16. The third kappa shape index (κ3) is 4.04. The Labute approximate surface area is 132 Å². The van der Waals surface area contributed by atoms with E-state index in [0.717, 1.165) is 0 Å². The molecule has 0 fully saturated rings. The molecule has 4 nitrogen and oxygen atoms in total. The number of hydrogen-bond donors (Lipinski definition) is 1. The molecular formula is C10H11KO4. The minimum Gasteiger partial charge on any atom is -1.00 e. The fourth-order valence-electron chi connectivity index (χ4n) is 1.06. The predicted molar refractivity (Wildman–Crippen MR) is 50.5 cm³/mol. The number of esters is 1. The van der Waals surface area contributed by atoms with E-state index in [0.29, 0.717) is 0 Å². The summed E-state index contributed by atoms with van der Waals surface area (Å²) in [5.74, 6) is -1.74. The Bertz CT molecular complexity index is 368. The number of carboxylic acid groups (broad SMARTS) is 1. The third-order valence-corrected chi connectivity index (χ3v) is 1.65. The van der Waals surface area contributed by atoms with Gasteiger partial charge >= 0.3 is 63.3 Å². The van der Waals surface area contributed by atoms with Crippen LogP contribution in [0.4, 0.5) is 0 Å². The van der Waals surface area contributed by atoms with Gasteiger partial charge in [-0.3, -0.25) is 0 Å². The van der Waals surface area contributed by atoms with Crippen molar-refractivity contribution in [3.63, 3.8) is 0 Å². The number of aromatic carboxylic acids is 1. The van der Waals surface area contributed by atoms with Crippen molar-refractivity contribution in [2.75, 3.05) is 6.61 Å². The second-order valence-electron chi connectivity index (χ2n) is 2.57. The van der Waals surface area contributed by atoms with Crippen molar-refractivity contribution in [2.45, 2.75) is 6.92 Å². The molecule has 0 aliphatic carbocycles. The van der Waals surface area contributed by atoms with Gasteiger partial charge in [-0.1, -0.05) is 12.1 Å². The van der Waals surface area contributed by atoms with Gasteiger partial charge in [0.15, 0.2) is 0 Å². The Morgan fingerprint density at radius 3 is 2.33 bits per heavy atom. The normalized spacial score (nSPS) is 8.87. The molecule has 5 heteroatoms. The third-order valence-electron chi connectivity index (χ3n) is 1.65. The maximum atomic E-state index is 11.3. The second-order valence-corrected chi connectivity index (χ2v) is 2.57. The minimum absolute atomic E-state index is 0. The van der Waals surface area contributed by atoms with Crippen LogP contribution >= 0.6 is 0 Å². The Hall–Kier alpha value is -0.204. The largest absolute Gasteiger partial charge is 1.00 e. The summed E-state index contributed by atoms with van der Waals surface area (Å²) in [5.41, 5.74) is 0.0489. The van der Waals surface area contributed by atoms with Crippen LogP contribution in [0.3, 0.4) is 0 Å². The summed E-state index contributed by atoms with van der Waals surface area (Å²) in [6.07, 6.45) is 0. The molecule has 0 heterocycles. The van der Waals surface area contributed by atoms with E-state index in [1.165, 1.54) is 12.1 Å². The number of carbonyl (C=O) groups is 2. The van der Waals surface area contributed by atoms with Crippen LogP contribution in [-0.4, -0.2) is 23.7 Å². The molecule has 15 heavy (non-hydrogen) atoms. The standard InChI is InChI=1S/C10H10O4.K.H/c1-2-14-10(13)8-6-4-3-5-7(8)9(11)12;;/h3-6H,2H2,1H3,(H,11,12);;/q;+1;-1. The van der Waals surface area contributed by atoms with Crippen molar-refractivity contribution in [3.8, 4) is 0 Å². The quantitative estimate of drug-likeness (QED) is 0.520. The number of ether oxygens (including phenoxy) is 1. The first-order valence-corrected chi connectivity index (χ1v) is 4.16. The Morgan fingerprint density at radius 1 is 1.33 bits per heavy atom. The van der Waals surface area contributed by atoms with Crippen LogP contribution in [-0.2, 0) is 4.74 Å². The number of hydrogen-bond acceptors (Lipinski definition) is 3. The van der Waals surface area contributed by atoms with Gasteiger partial charge in [-0.15, -0.1) is 0 Å². The summed E-state index contributed by atoms with van der Waals surface area (Å²) in [7, 11) is 0. The summed E-state index contributed by atoms with van der Waals surface area (Å²) in [6, 6.07) is 5.96. The summed E-state index contributed by atoms with van der Waals surface area (Å²) in [6.45, 7) is 1.90. The van der Waals surface area contributed by atoms with Gasteiger partial charge in [-0.05, 0) is 19.1 Å². The van der Waals surface area contributed by atoms with E-state index in [1.54, 1.807) is 19.1 Å². The van der Waals surface area contributed by atoms with Crippen molar-refractivity contribution in [1.82, 2.24) is 0 Å². The molecule has 1 aromatic carbocycles. The molecule has 76 valence electrons. The van der Waals surface area contributed by atoms with Crippen LogP contribution < -0.4 is 51.4 Å². The van der Waals surface area contributed by atoms with Gasteiger partial charge in [0.25, 0.3) is 0 Å². The van der Waals surface area contributed by atoms with E-state index >= 15 is 0 Å². The number of carbonyl (C=O) groups excluding carboxylic acids is 1. The Morgan fingerprint density at radius 2 is 1.87 bits per heavy atom. The molecule has 1 aromatic rings. The zero-order valence-electron chi connectivity index (χ0n) is 9.69. The molecule has 0 atom stereocenters. The fourth-order valence-corrected chi connectivity index (χ4v) is 1.06. The van der Waals surface area contributed by atoms with Crippen molar-refractivity contribution in [2.24, 2.45) is 0 Å². The first kappa shape index (κ1) is 14.8. The molecule has 0 bridgehead atoms. The minimum atomic E-state index is -1.13. The molecular weight excluding hydrogens is 223 g/mol. The predicted octanol–water partition coefficient (Wildman–Crippen LogP) is -1.32. The van der Waals surface area contributed by atoms with Gasteiger partial charge in [0.05, 0.1) is 17.7 Å². The molecule has 0 aliphatic rings. The van der Waals surface area contributed by atoms with Crippen LogP contribution in [0.5, 0.6) is 0 Å². The van der Waals surface area contributed by atoms with Gasteiger partial charge in [-0.25, -0.2) is 9.59 Å². The Kier molecular flexibility index (Phi) is 7.04. The van der Waals surface area contributed by atoms with Crippen molar-refractivity contribution < 1.29 is 72.2 Å². The van der Waals surface area contributed by atoms with E-state index in [1.807, 2.05) is 0 Å². The maximum Gasteiger partial charge on any atom is 1.00 e. The first-order chi connectivity index (χ1) is 6.66.